The van der Waals surface area contributed by atoms with E-state index in [1.54, 1.807) is 0 Å². The molecule has 0 heterocycles. The Hall–Kier alpha value is -0.510. The molecule has 0 aliphatic carbocycles. The van der Waals surface area contributed by atoms with Crippen molar-refractivity contribution in [2.24, 2.45) is 0 Å². The maximum absolute atomic E-state index is 9.96. The van der Waals surface area contributed by atoms with E-state index < -0.39 is 10.7 Å². The fourth-order valence-corrected chi connectivity index (χ4v) is 0.556. The summed E-state index contributed by atoms with van der Waals surface area (Å²) in [5.41, 5.74) is 0. The first-order valence-corrected chi connectivity index (χ1v) is 3.43. The minimum Gasteiger partial charge on any atom is -0.377 e. The van der Waals surface area contributed by atoms with Gasteiger partial charge in [0.1, 0.15) is 5.03 Å². The zero-order valence-corrected chi connectivity index (χ0v) is 5.57. The monoisotopic (exact) mass is 135 g/mol. The second kappa shape index (κ2) is 3.49. The zero-order chi connectivity index (χ0) is 6.57. The smallest absolute Gasteiger partial charge is 0.182 e. The van der Waals surface area contributed by atoms with Crippen LogP contribution in [0.3, 0.4) is 0 Å². The third kappa shape index (κ3) is 2.63. The van der Waals surface area contributed by atoms with Gasteiger partial charge in [-0.1, -0.05) is 6.58 Å². The summed E-state index contributed by atoms with van der Waals surface area (Å²) in [5.74, 6) is 0. The number of thiol groups is 1. The van der Waals surface area contributed by atoms with Crippen LogP contribution in [0.4, 0.5) is 0 Å². The molecule has 0 aromatic rings. The summed E-state index contributed by atoms with van der Waals surface area (Å²) in [6.07, 6.45) is 0. The Labute approximate surface area is 50.4 Å². The van der Waals surface area contributed by atoms with Crippen molar-refractivity contribution in [2.75, 3.05) is 6.54 Å². The van der Waals surface area contributed by atoms with Gasteiger partial charge in [0, 0.05) is 6.54 Å². The maximum Gasteiger partial charge on any atom is 0.182 e. The third-order valence-corrected chi connectivity index (χ3v) is 1.20. The van der Waals surface area contributed by atoms with Crippen LogP contribution in [0.2, 0.25) is 0 Å². The predicted octanol–water partition coefficient (Wildman–Crippen LogP) is -0.322. The minimum atomic E-state index is -2.47. The second-order valence-electron chi connectivity index (χ2n) is 1.23. The molecule has 0 fully saturated rings. The van der Waals surface area contributed by atoms with Crippen molar-refractivity contribution < 1.29 is 8.42 Å². The van der Waals surface area contributed by atoms with Crippen LogP contribution in [0.5, 0.6) is 0 Å². The SMILES string of the molecule is C=C(NCC)[SH](=O)=O. The Balaban J connectivity index is 3.67. The van der Waals surface area contributed by atoms with E-state index in [2.05, 4.69) is 11.9 Å². The summed E-state index contributed by atoms with van der Waals surface area (Å²) in [5, 5.41) is 2.64. The van der Waals surface area contributed by atoms with Gasteiger partial charge >= 0.3 is 0 Å². The lowest BCUT2D eigenvalue weighted by molar-refractivity contribution is 0.616. The number of hydrogen-bond acceptors (Lipinski definition) is 3. The average Bonchev–Trinajstić information content (AvgIpc) is 1.67. The van der Waals surface area contributed by atoms with Gasteiger partial charge < -0.3 is 5.32 Å². The number of nitrogens with one attached hydrogen (secondary N) is 1. The Bertz CT molecular complexity index is 142. The predicted molar refractivity (Wildman–Crippen MR) is 33.1 cm³/mol. The molecule has 0 saturated carbocycles. The van der Waals surface area contributed by atoms with Crippen LogP contribution in [0, 0.1) is 0 Å². The molecule has 4 heteroatoms. The van der Waals surface area contributed by atoms with Gasteiger partial charge in [-0.25, -0.2) is 8.42 Å². The van der Waals surface area contributed by atoms with Gasteiger partial charge in [0.15, 0.2) is 10.7 Å². The largest absolute Gasteiger partial charge is 0.377 e. The molecule has 48 valence electrons. The molecular formula is C4H9NO2S. The second-order valence-corrected chi connectivity index (χ2v) is 2.29. The van der Waals surface area contributed by atoms with Gasteiger partial charge in [-0.15, -0.1) is 0 Å². The molecule has 0 unspecified atom stereocenters. The fraction of sp³-hybridized carbons (Fsp3) is 0.500. The van der Waals surface area contributed by atoms with Gasteiger partial charge in [-0.05, 0) is 6.92 Å². The summed E-state index contributed by atoms with van der Waals surface area (Å²) < 4.78 is 19.9. The standard InChI is InChI=1S/C4H9NO2S/c1-3-5-4(2)8(6)7/h5,8H,2-3H2,1H3. The lowest BCUT2D eigenvalue weighted by Crippen LogP contribution is -2.11. The molecule has 0 radical (unpaired) electrons. The molecule has 0 aliphatic rings. The van der Waals surface area contributed by atoms with E-state index in [0.717, 1.165) is 0 Å². The Kier molecular flexibility index (Phi) is 3.26. The molecule has 0 bridgehead atoms. The third-order valence-electron chi connectivity index (χ3n) is 0.601. The van der Waals surface area contributed by atoms with E-state index in [-0.39, 0.29) is 5.03 Å². The first-order chi connectivity index (χ1) is 3.68. The molecule has 0 aromatic heterocycles. The van der Waals surface area contributed by atoms with Crippen molar-refractivity contribution >= 4 is 10.7 Å². The summed E-state index contributed by atoms with van der Waals surface area (Å²) in [6.45, 7) is 5.65. The van der Waals surface area contributed by atoms with Crippen LogP contribution in [-0.2, 0) is 10.7 Å². The molecule has 0 saturated heterocycles. The van der Waals surface area contributed by atoms with Crippen LogP contribution in [0.1, 0.15) is 6.92 Å². The van der Waals surface area contributed by atoms with Crippen molar-refractivity contribution in [3.05, 3.63) is 11.6 Å². The Morgan fingerprint density at radius 2 is 2.25 bits per heavy atom. The quantitative estimate of drug-likeness (QED) is 0.521. The first-order valence-electron chi connectivity index (χ1n) is 2.25. The molecule has 0 aromatic carbocycles. The number of hydrogen-bond donors (Lipinski definition) is 2. The number of rotatable bonds is 3. The van der Waals surface area contributed by atoms with Gasteiger partial charge in [-0.2, -0.15) is 0 Å². The molecule has 0 rings (SSSR count). The van der Waals surface area contributed by atoms with Crippen molar-refractivity contribution in [1.82, 2.24) is 5.32 Å². The van der Waals surface area contributed by atoms with Crippen molar-refractivity contribution in [3.8, 4) is 0 Å². The van der Waals surface area contributed by atoms with E-state index in [9.17, 15) is 8.42 Å². The van der Waals surface area contributed by atoms with Crippen molar-refractivity contribution in [2.45, 2.75) is 6.92 Å². The topological polar surface area (TPSA) is 46.2 Å². The lowest BCUT2D eigenvalue weighted by Gasteiger charge is -1.94. The fourth-order valence-electron chi connectivity index (χ4n) is 0.269. The summed E-state index contributed by atoms with van der Waals surface area (Å²) in [6, 6.07) is 0. The molecule has 8 heavy (non-hydrogen) atoms. The van der Waals surface area contributed by atoms with Crippen LogP contribution < -0.4 is 5.32 Å². The molecule has 3 nitrogen and oxygen atoms in total. The molecule has 0 aliphatic heterocycles. The van der Waals surface area contributed by atoms with E-state index >= 15 is 0 Å². The normalized spacial score (nSPS) is 9.25. The average molecular weight is 135 g/mol. The van der Waals surface area contributed by atoms with Crippen LogP contribution in [-0.4, -0.2) is 15.0 Å². The van der Waals surface area contributed by atoms with E-state index in [4.69, 9.17) is 0 Å². The van der Waals surface area contributed by atoms with Crippen molar-refractivity contribution in [3.63, 3.8) is 0 Å². The summed E-state index contributed by atoms with van der Waals surface area (Å²) in [7, 11) is -2.47. The lowest BCUT2D eigenvalue weighted by atomic mass is 10.7. The highest BCUT2D eigenvalue weighted by Crippen LogP contribution is 1.79. The molecule has 0 amide bonds. The molecular weight excluding hydrogens is 126 g/mol. The first kappa shape index (κ1) is 7.49. The van der Waals surface area contributed by atoms with Crippen LogP contribution >= 0.6 is 0 Å². The van der Waals surface area contributed by atoms with Crippen molar-refractivity contribution in [1.29, 1.82) is 0 Å². The van der Waals surface area contributed by atoms with E-state index in [0.29, 0.717) is 6.54 Å². The Morgan fingerprint density at radius 3 is 2.38 bits per heavy atom. The van der Waals surface area contributed by atoms with Gasteiger partial charge in [0.05, 0.1) is 0 Å². The highest BCUT2D eigenvalue weighted by atomic mass is 32.2. The highest BCUT2D eigenvalue weighted by molar-refractivity contribution is 7.76. The van der Waals surface area contributed by atoms with E-state index in [1.807, 2.05) is 6.92 Å². The van der Waals surface area contributed by atoms with Crippen LogP contribution in [0.25, 0.3) is 0 Å². The van der Waals surface area contributed by atoms with E-state index in [1.165, 1.54) is 0 Å². The molecule has 0 spiro atoms. The zero-order valence-electron chi connectivity index (χ0n) is 4.68. The highest BCUT2D eigenvalue weighted by Gasteiger charge is 1.87. The summed E-state index contributed by atoms with van der Waals surface area (Å²) in [4.78, 5) is 0. The maximum atomic E-state index is 9.96. The Morgan fingerprint density at radius 1 is 1.75 bits per heavy atom. The van der Waals surface area contributed by atoms with Gasteiger partial charge in [0.2, 0.25) is 0 Å². The summed E-state index contributed by atoms with van der Waals surface area (Å²) >= 11 is 0. The van der Waals surface area contributed by atoms with Gasteiger partial charge in [0.25, 0.3) is 0 Å². The van der Waals surface area contributed by atoms with Crippen LogP contribution in [0.15, 0.2) is 11.6 Å². The molecule has 1 N–H and O–H groups in total. The molecule has 0 atom stereocenters. The minimum absolute atomic E-state index is 0.0856. The van der Waals surface area contributed by atoms with Gasteiger partial charge in [-0.3, -0.25) is 0 Å².